The van der Waals surface area contributed by atoms with E-state index < -0.39 is 26.0 Å². The van der Waals surface area contributed by atoms with Crippen molar-refractivity contribution in [2.75, 3.05) is 12.4 Å². The minimum absolute atomic E-state index is 0.200. The molecule has 0 aromatic heterocycles. The van der Waals surface area contributed by atoms with Gasteiger partial charge in [0.05, 0.1) is 0 Å². The molecule has 0 saturated carbocycles. The summed E-state index contributed by atoms with van der Waals surface area (Å²) in [5, 5.41) is 25.7. The second kappa shape index (κ2) is 7.56. The van der Waals surface area contributed by atoms with Crippen LogP contribution in [-0.4, -0.2) is 17.1 Å². The summed E-state index contributed by atoms with van der Waals surface area (Å²) in [7, 11) is -2.15. The molecular formula is C19H18N3O4S+. The Morgan fingerprint density at radius 1 is 1.00 bits per heavy atom. The average Bonchev–Trinajstić information content (AvgIpc) is 2.68. The first-order valence-electron chi connectivity index (χ1n) is 8.07. The van der Waals surface area contributed by atoms with Gasteiger partial charge in [0.1, 0.15) is 4.92 Å². The van der Waals surface area contributed by atoms with E-state index in [0.29, 0.717) is 5.69 Å². The van der Waals surface area contributed by atoms with Crippen LogP contribution in [0.25, 0.3) is 10.8 Å². The SMILES string of the molecule is CN[S+](=O)(/C(=C(\O)Nc1cccc2ccccc12)[N+](=O)[O-])c1ccccc1. The van der Waals surface area contributed by atoms with Gasteiger partial charge in [-0.1, -0.05) is 58.8 Å². The van der Waals surface area contributed by atoms with Gasteiger partial charge in [0.25, 0.3) is 10.1 Å². The molecule has 0 heterocycles. The number of nitrogens with zero attached hydrogens (tertiary/aromatic N) is 1. The van der Waals surface area contributed by atoms with Gasteiger partial charge in [-0.05, 0) is 23.6 Å². The molecule has 0 bridgehead atoms. The number of rotatable bonds is 6. The number of nitrogens with one attached hydrogen (secondary N) is 2. The number of nitro groups is 1. The third-order valence-corrected chi connectivity index (χ3v) is 6.44. The monoisotopic (exact) mass is 384 g/mol. The summed E-state index contributed by atoms with van der Waals surface area (Å²) < 4.78 is 15.9. The van der Waals surface area contributed by atoms with Crippen LogP contribution >= 0.6 is 0 Å². The highest BCUT2D eigenvalue weighted by atomic mass is 32.3. The Morgan fingerprint density at radius 2 is 1.63 bits per heavy atom. The van der Waals surface area contributed by atoms with E-state index in [1.165, 1.54) is 19.2 Å². The maximum absolute atomic E-state index is 13.4. The lowest BCUT2D eigenvalue weighted by atomic mass is 10.1. The molecule has 1 unspecified atom stereocenters. The number of hydrogen-bond acceptors (Lipinski definition) is 5. The summed E-state index contributed by atoms with van der Waals surface area (Å²) in [6, 6.07) is 20.7. The van der Waals surface area contributed by atoms with Crippen LogP contribution in [0.4, 0.5) is 5.69 Å². The fourth-order valence-corrected chi connectivity index (χ4v) is 4.51. The molecule has 3 N–H and O–H groups in total. The Balaban J connectivity index is 2.13. The van der Waals surface area contributed by atoms with Crippen molar-refractivity contribution in [1.82, 2.24) is 4.72 Å². The van der Waals surface area contributed by atoms with Crippen molar-refractivity contribution in [3.63, 3.8) is 0 Å². The number of fused-ring (bicyclic) bond motifs is 1. The van der Waals surface area contributed by atoms with Crippen LogP contribution in [0.5, 0.6) is 0 Å². The first-order valence-corrected chi connectivity index (χ1v) is 9.63. The Labute approximate surface area is 157 Å². The molecule has 3 aromatic carbocycles. The van der Waals surface area contributed by atoms with E-state index in [4.69, 9.17) is 0 Å². The fraction of sp³-hybridized carbons (Fsp3) is 0.0526. The maximum Gasteiger partial charge on any atom is 0.528 e. The van der Waals surface area contributed by atoms with E-state index in [2.05, 4.69) is 10.0 Å². The van der Waals surface area contributed by atoms with E-state index in [0.717, 1.165) is 10.8 Å². The second-order valence-electron chi connectivity index (χ2n) is 5.64. The number of aliphatic hydroxyl groups is 1. The van der Waals surface area contributed by atoms with Crippen molar-refractivity contribution in [2.45, 2.75) is 4.90 Å². The molecule has 0 aliphatic carbocycles. The lowest BCUT2D eigenvalue weighted by Crippen LogP contribution is -2.34. The zero-order chi connectivity index (χ0) is 19.4. The summed E-state index contributed by atoms with van der Waals surface area (Å²) in [6.07, 6.45) is 0. The van der Waals surface area contributed by atoms with Crippen LogP contribution < -0.4 is 10.0 Å². The first kappa shape index (κ1) is 18.6. The molecule has 8 heteroatoms. The van der Waals surface area contributed by atoms with Gasteiger partial charge in [-0.2, -0.15) is 0 Å². The summed E-state index contributed by atoms with van der Waals surface area (Å²) in [4.78, 5) is 11.1. The zero-order valence-electron chi connectivity index (χ0n) is 14.5. The van der Waals surface area contributed by atoms with Crippen molar-refractivity contribution < 1.29 is 14.2 Å². The molecule has 27 heavy (non-hydrogen) atoms. The van der Waals surface area contributed by atoms with Gasteiger partial charge in [-0.15, -0.1) is 4.72 Å². The fourth-order valence-electron chi connectivity index (χ4n) is 2.78. The predicted octanol–water partition coefficient (Wildman–Crippen LogP) is 3.91. The first-order chi connectivity index (χ1) is 13.0. The highest BCUT2D eigenvalue weighted by Crippen LogP contribution is 2.29. The van der Waals surface area contributed by atoms with E-state index in [9.17, 15) is 19.4 Å². The topological polar surface area (TPSA) is 104 Å². The molecule has 138 valence electrons. The smallest absolute Gasteiger partial charge is 0.486 e. The third-order valence-electron chi connectivity index (χ3n) is 4.05. The van der Waals surface area contributed by atoms with E-state index >= 15 is 0 Å². The molecule has 7 nitrogen and oxygen atoms in total. The molecular weight excluding hydrogens is 366 g/mol. The maximum atomic E-state index is 13.4. The molecule has 3 aromatic rings. The van der Waals surface area contributed by atoms with Gasteiger partial charge in [0.2, 0.25) is 0 Å². The lowest BCUT2D eigenvalue weighted by molar-refractivity contribution is -0.414. The second-order valence-corrected chi connectivity index (χ2v) is 8.01. The number of benzene rings is 3. The van der Waals surface area contributed by atoms with Crippen LogP contribution in [0.3, 0.4) is 0 Å². The Morgan fingerprint density at radius 3 is 2.30 bits per heavy atom. The zero-order valence-corrected chi connectivity index (χ0v) is 15.3. The van der Waals surface area contributed by atoms with Crippen LogP contribution in [0, 0.1) is 10.1 Å². The van der Waals surface area contributed by atoms with Crippen LogP contribution in [-0.2, 0) is 14.3 Å². The van der Waals surface area contributed by atoms with Crippen molar-refractivity contribution in [3.05, 3.63) is 93.8 Å². The molecule has 0 radical (unpaired) electrons. The quantitative estimate of drug-likeness (QED) is 0.259. The number of anilines is 1. The molecule has 0 aliphatic heterocycles. The third kappa shape index (κ3) is 3.53. The van der Waals surface area contributed by atoms with Gasteiger partial charge >= 0.3 is 10.9 Å². The largest absolute Gasteiger partial charge is 0.528 e. The standard InChI is InChI=1S/C19H17N3O4S/c1-20-27(26,15-10-3-2-4-11-15)19(22(24)25)18(23)21-17-13-7-9-14-8-5-6-12-16(14)17/h2-13H,1H3,(H2-,20,21,23,26)/p+1. The van der Waals surface area contributed by atoms with Crippen LogP contribution in [0.15, 0.2) is 88.6 Å². The molecule has 1 atom stereocenters. The van der Waals surface area contributed by atoms with Crippen molar-refractivity contribution in [3.8, 4) is 0 Å². The molecule has 3 rings (SSSR count). The minimum atomic E-state index is -3.50. The van der Waals surface area contributed by atoms with Gasteiger partial charge in [0.15, 0.2) is 4.90 Å². The normalized spacial score (nSPS) is 14.3. The molecule has 0 amide bonds. The minimum Gasteiger partial charge on any atom is -0.486 e. The van der Waals surface area contributed by atoms with E-state index in [1.54, 1.807) is 30.3 Å². The Kier molecular flexibility index (Phi) is 5.20. The average molecular weight is 384 g/mol. The summed E-state index contributed by atoms with van der Waals surface area (Å²) in [5.74, 6) is -0.778. The van der Waals surface area contributed by atoms with Crippen molar-refractivity contribution >= 4 is 26.6 Å². The summed E-state index contributed by atoms with van der Waals surface area (Å²) >= 11 is 0. The van der Waals surface area contributed by atoms with E-state index in [-0.39, 0.29) is 4.90 Å². The summed E-state index contributed by atoms with van der Waals surface area (Å²) in [5.41, 5.74) is 0.468. The van der Waals surface area contributed by atoms with Crippen LogP contribution in [0.2, 0.25) is 0 Å². The Bertz CT molecular complexity index is 1060. The number of hydrogen-bond donors (Lipinski definition) is 3. The van der Waals surface area contributed by atoms with E-state index in [1.807, 2.05) is 30.3 Å². The lowest BCUT2D eigenvalue weighted by Gasteiger charge is -2.11. The molecule has 0 saturated heterocycles. The highest BCUT2D eigenvalue weighted by Gasteiger charge is 2.50. The number of aliphatic hydroxyl groups excluding tert-OH is 1. The van der Waals surface area contributed by atoms with Gasteiger partial charge in [-0.3, -0.25) is 10.1 Å². The predicted molar refractivity (Wildman–Crippen MR) is 106 cm³/mol. The Hall–Kier alpha value is -3.23. The molecule has 0 spiro atoms. The van der Waals surface area contributed by atoms with Gasteiger partial charge < -0.3 is 10.4 Å². The van der Waals surface area contributed by atoms with Crippen molar-refractivity contribution in [2.24, 2.45) is 0 Å². The van der Waals surface area contributed by atoms with Crippen molar-refractivity contribution in [1.29, 1.82) is 0 Å². The molecule has 0 aliphatic rings. The highest BCUT2D eigenvalue weighted by molar-refractivity contribution is 8.04. The van der Waals surface area contributed by atoms with Gasteiger partial charge in [-0.25, -0.2) is 0 Å². The molecule has 0 fully saturated rings. The van der Waals surface area contributed by atoms with Crippen LogP contribution in [0.1, 0.15) is 0 Å². The van der Waals surface area contributed by atoms with Gasteiger partial charge in [0, 0.05) is 18.1 Å². The summed E-state index contributed by atoms with van der Waals surface area (Å²) in [6.45, 7) is 0.